The number of Topliss-reactive ketones (excluding diaryl/α,β-unsaturated/α-hetero) is 1. The number of para-hydroxylation sites is 1. The molecule has 0 bridgehead atoms. The second kappa shape index (κ2) is 7.44. The summed E-state index contributed by atoms with van der Waals surface area (Å²) in [5.41, 5.74) is 2.46. The van der Waals surface area contributed by atoms with Gasteiger partial charge in [0.1, 0.15) is 0 Å². The minimum atomic E-state index is -0.744. The maximum absolute atomic E-state index is 12.7. The van der Waals surface area contributed by atoms with Crippen molar-refractivity contribution in [2.75, 3.05) is 13.2 Å². The first-order valence-electron chi connectivity index (χ1n) is 9.31. The van der Waals surface area contributed by atoms with Crippen LogP contribution in [0.4, 0.5) is 0 Å². The van der Waals surface area contributed by atoms with E-state index in [-0.39, 0.29) is 29.0 Å². The standard InChI is InChI=1S/C23H18N2O5/c1-3-10-25-21(27)15-9-8-14(11-17(15)22(25)28)23(29)30-12-19(26)20-13(2)24-18-7-5-4-6-16(18)20/h3-9,11,24H,1,10,12H2,2H3. The number of esters is 1. The van der Waals surface area contributed by atoms with E-state index in [4.69, 9.17) is 4.74 Å². The van der Waals surface area contributed by atoms with Gasteiger partial charge < -0.3 is 9.72 Å². The van der Waals surface area contributed by atoms with E-state index in [1.54, 1.807) is 6.92 Å². The van der Waals surface area contributed by atoms with Crippen LogP contribution in [0.15, 0.2) is 55.1 Å². The molecule has 7 nitrogen and oxygen atoms in total. The van der Waals surface area contributed by atoms with E-state index in [2.05, 4.69) is 11.6 Å². The molecule has 0 saturated carbocycles. The molecule has 4 rings (SSSR count). The van der Waals surface area contributed by atoms with Crippen LogP contribution in [0.1, 0.15) is 47.1 Å². The number of amides is 2. The van der Waals surface area contributed by atoms with Gasteiger partial charge in [-0.05, 0) is 31.2 Å². The van der Waals surface area contributed by atoms with E-state index < -0.39 is 24.4 Å². The van der Waals surface area contributed by atoms with E-state index in [1.807, 2.05) is 24.3 Å². The van der Waals surface area contributed by atoms with E-state index in [0.29, 0.717) is 11.3 Å². The SMILES string of the molecule is C=CCN1C(=O)c2ccc(C(=O)OCC(=O)c3c(C)[nH]c4ccccc34)cc2C1=O. The predicted molar refractivity (Wildman–Crippen MR) is 110 cm³/mol. The molecule has 1 aliphatic heterocycles. The number of aromatic amines is 1. The van der Waals surface area contributed by atoms with Crippen LogP contribution < -0.4 is 0 Å². The van der Waals surface area contributed by atoms with Gasteiger partial charge in [0.2, 0.25) is 5.78 Å². The fraction of sp³-hybridized carbons (Fsp3) is 0.130. The van der Waals surface area contributed by atoms with Crippen LogP contribution in [-0.4, -0.2) is 46.6 Å². The zero-order chi connectivity index (χ0) is 21.4. The van der Waals surface area contributed by atoms with Gasteiger partial charge in [0.15, 0.2) is 6.61 Å². The number of nitrogens with zero attached hydrogens (tertiary/aromatic N) is 1. The summed E-state index contributed by atoms with van der Waals surface area (Å²) in [6, 6.07) is 11.5. The minimum Gasteiger partial charge on any atom is -0.454 e. The van der Waals surface area contributed by atoms with E-state index >= 15 is 0 Å². The third-order valence-corrected chi connectivity index (χ3v) is 5.02. The van der Waals surface area contributed by atoms with Gasteiger partial charge in [-0.1, -0.05) is 24.3 Å². The number of aryl methyl sites for hydroxylation is 1. The van der Waals surface area contributed by atoms with Crippen molar-refractivity contribution in [1.29, 1.82) is 0 Å². The molecule has 150 valence electrons. The highest BCUT2D eigenvalue weighted by atomic mass is 16.5. The number of carbonyl (C=O) groups excluding carboxylic acids is 4. The summed E-state index contributed by atoms with van der Waals surface area (Å²) in [4.78, 5) is 54.0. The van der Waals surface area contributed by atoms with E-state index in [9.17, 15) is 19.2 Å². The van der Waals surface area contributed by atoms with Crippen LogP contribution in [0.5, 0.6) is 0 Å². The van der Waals surface area contributed by atoms with Crippen LogP contribution >= 0.6 is 0 Å². The number of nitrogens with one attached hydrogen (secondary N) is 1. The Morgan fingerprint density at radius 1 is 1.10 bits per heavy atom. The molecule has 7 heteroatoms. The number of H-pyrrole nitrogens is 1. The number of ketones is 1. The highest BCUT2D eigenvalue weighted by Gasteiger charge is 2.35. The number of aromatic nitrogens is 1. The number of ether oxygens (including phenoxy) is 1. The normalized spacial score (nSPS) is 12.9. The lowest BCUT2D eigenvalue weighted by atomic mass is 10.1. The number of rotatable bonds is 6. The molecule has 0 fully saturated rings. The molecule has 0 radical (unpaired) electrons. The molecule has 2 aromatic carbocycles. The molecule has 3 aromatic rings. The molecule has 2 heterocycles. The first-order chi connectivity index (χ1) is 14.4. The van der Waals surface area contributed by atoms with Crippen molar-refractivity contribution in [2.45, 2.75) is 6.92 Å². The Morgan fingerprint density at radius 3 is 2.60 bits per heavy atom. The van der Waals surface area contributed by atoms with E-state index in [1.165, 1.54) is 24.3 Å². The number of fused-ring (bicyclic) bond motifs is 2. The van der Waals surface area contributed by atoms with Crippen LogP contribution in [-0.2, 0) is 4.74 Å². The molecular formula is C23H18N2O5. The summed E-state index contributed by atoms with van der Waals surface area (Å²) >= 11 is 0. The summed E-state index contributed by atoms with van der Waals surface area (Å²) in [6.07, 6.45) is 1.45. The maximum Gasteiger partial charge on any atom is 0.338 e. The van der Waals surface area contributed by atoms with Gasteiger partial charge in [0.05, 0.1) is 16.7 Å². The number of benzene rings is 2. The monoisotopic (exact) mass is 402 g/mol. The Kier molecular flexibility index (Phi) is 4.79. The number of imide groups is 1. The fourth-order valence-electron chi connectivity index (χ4n) is 3.64. The van der Waals surface area contributed by atoms with Crippen molar-refractivity contribution in [3.8, 4) is 0 Å². The lowest BCUT2D eigenvalue weighted by Crippen LogP contribution is -2.29. The molecule has 0 atom stereocenters. The number of carbonyl (C=O) groups is 4. The fourth-order valence-corrected chi connectivity index (χ4v) is 3.64. The van der Waals surface area contributed by atoms with E-state index in [0.717, 1.165) is 15.8 Å². The summed E-state index contributed by atoms with van der Waals surface area (Å²) in [5, 5.41) is 0.764. The van der Waals surface area contributed by atoms with Gasteiger partial charge in [-0.15, -0.1) is 6.58 Å². The Morgan fingerprint density at radius 2 is 1.83 bits per heavy atom. The third-order valence-electron chi connectivity index (χ3n) is 5.02. The topological polar surface area (TPSA) is 96.5 Å². The third kappa shape index (κ3) is 3.10. The zero-order valence-corrected chi connectivity index (χ0v) is 16.2. The summed E-state index contributed by atoms with van der Waals surface area (Å²) in [5.74, 6) is -2.00. The summed E-state index contributed by atoms with van der Waals surface area (Å²) in [6.45, 7) is 4.97. The summed E-state index contributed by atoms with van der Waals surface area (Å²) in [7, 11) is 0. The zero-order valence-electron chi connectivity index (χ0n) is 16.2. The smallest absolute Gasteiger partial charge is 0.338 e. The molecule has 1 aliphatic rings. The van der Waals surface area contributed by atoms with Gasteiger partial charge in [-0.2, -0.15) is 0 Å². The van der Waals surface area contributed by atoms with Crippen molar-refractivity contribution >= 4 is 34.5 Å². The molecule has 30 heavy (non-hydrogen) atoms. The lowest BCUT2D eigenvalue weighted by molar-refractivity contribution is 0.0475. The first-order valence-corrected chi connectivity index (χ1v) is 9.31. The molecule has 0 saturated heterocycles. The average molecular weight is 402 g/mol. The van der Waals surface area contributed by atoms with Crippen LogP contribution in [0.25, 0.3) is 10.9 Å². The second-order valence-corrected chi connectivity index (χ2v) is 6.94. The quantitative estimate of drug-likeness (QED) is 0.295. The number of hydrogen-bond donors (Lipinski definition) is 1. The predicted octanol–water partition coefficient (Wildman–Crippen LogP) is 3.30. The first kappa shape index (κ1) is 19.3. The Hall–Kier alpha value is -4.00. The van der Waals surface area contributed by atoms with Crippen molar-refractivity contribution in [3.63, 3.8) is 0 Å². The molecule has 0 unspecified atom stereocenters. The van der Waals surface area contributed by atoms with Gasteiger partial charge >= 0.3 is 5.97 Å². The minimum absolute atomic E-state index is 0.0879. The molecular weight excluding hydrogens is 384 g/mol. The Bertz CT molecular complexity index is 1240. The van der Waals surface area contributed by atoms with Gasteiger partial charge in [0, 0.05) is 28.7 Å². The van der Waals surface area contributed by atoms with Crippen molar-refractivity contribution in [1.82, 2.24) is 9.88 Å². The van der Waals surface area contributed by atoms with Crippen LogP contribution in [0, 0.1) is 6.92 Å². The van der Waals surface area contributed by atoms with Gasteiger partial charge in [-0.25, -0.2) is 4.79 Å². The Labute approximate surface area is 171 Å². The molecule has 2 amide bonds. The molecule has 0 aliphatic carbocycles. The maximum atomic E-state index is 12.7. The lowest BCUT2D eigenvalue weighted by Gasteiger charge is -2.09. The highest BCUT2D eigenvalue weighted by Crippen LogP contribution is 2.25. The largest absolute Gasteiger partial charge is 0.454 e. The van der Waals surface area contributed by atoms with Gasteiger partial charge in [0.25, 0.3) is 11.8 Å². The summed E-state index contributed by atoms with van der Waals surface area (Å²) < 4.78 is 5.19. The molecule has 1 aromatic heterocycles. The van der Waals surface area contributed by atoms with Crippen LogP contribution in [0.3, 0.4) is 0 Å². The second-order valence-electron chi connectivity index (χ2n) is 6.94. The van der Waals surface area contributed by atoms with Crippen molar-refractivity contribution in [2.24, 2.45) is 0 Å². The van der Waals surface area contributed by atoms with Gasteiger partial charge in [-0.3, -0.25) is 19.3 Å². The average Bonchev–Trinajstić information content (AvgIpc) is 3.20. The highest BCUT2D eigenvalue weighted by molar-refractivity contribution is 6.22. The van der Waals surface area contributed by atoms with Crippen molar-refractivity contribution < 1.29 is 23.9 Å². The molecule has 1 N–H and O–H groups in total. The van der Waals surface area contributed by atoms with Crippen molar-refractivity contribution in [3.05, 3.63) is 83.1 Å². The van der Waals surface area contributed by atoms with Crippen LogP contribution in [0.2, 0.25) is 0 Å². The molecule has 0 spiro atoms. The number of hydrogen-bond acceptors (Lipinski definition) is 5. The Balaban J connectivity index is 1.51.